The number of benzene rings is 1. The Balaban J connectivity index is 0.000000541. The fourth-order valence-electron chi connectivity index (χ4n) is 3.02. The number of piperidine rings is 1. The molecule has 0 aliphatic carbocycles. The maximum atomic E-state index is 12.0. The monoisotopic (exact) mass is 616 g/mol. The Labute approximate surface area is 179 Å². The van der Waals surface area contributed by atoms with Gasteiger partial charge in [0.1, 0.15) is 0 Å². The molecular weight excluding hydrogens is 589 g/mol. The van der Waals surface area contributed by atoms with Crippen LogP contribution in [0.15, 0.2) is 30.5 Å². The average molecular weight is 617 g/mol. The van der Waals surface area contributed by atoms with Gasteiger partial charge in [0.25, 0.3) is 0 Å². The zero-order valence-corrected chi connectivity index (χ0v) is 19.2. The Hall–Kier alpha value is -0.722. The summed E-state index contributed by atoms with van der Waals surface area (Å²) in [6, 6.07) is 8.27. The Morgan fingerprint density at radius 3 is 2.56 bits per heavy atom. The summed E-state index contributed by atoms with van der Waals surface area (Å²) in [5.41, 5.74) is 15.0. The molecule has 1 amide bonds. The van der Waals surface area contributed by atoms with Gasteiger partial charge in [0.05, 0.1) is 0 Å². The number of fused-ring (bicyclic) bond motifs is 1. The standard InChI is InChI=1S/C17H22N3O.C2H6N2.BrH.Pt/c21-17(11-13-5-8-18-9-6-13)19-10-7-14-12-20-16-4-2-1-3-15(14)16;3-1-2-4;;/h1-4,12-13,20H,5-11H2,(H,19,21);3-4H,1-2H2;1H;/q-1;-2;;+1/p-1. The van der Waals surface area contributed by atoms with Crippen molar-refractivity contribution in [3.8, 4) is 0 Å². The van der Waals surface area contributed by atoms with Crippen LogP contribution in [0.5, 0.6) is 0 Å². The summed E-state index contributed by atoms with van der Waals surface area (Å²) < 4.78 is 0. The number of rotatable bonds is 6. The molecule has 2 aromatic rings. The maximum absolute atomic E-state index is 12.0. The molecule has 4 N–H and O–H groups in total. The fourth-order valence-corrected chi connectivity index (χ4v) is 3.02. The molecule has 0 spiro atoms. The first-order valence-electron chi connectivity index (χ1n) is 9.10. The summed E-state index contributed by atoms with van der Waals surface area (Å²) in [6.45, 7) is 3.03. The van der Waals surface area contributed by atoms with Gasteiger partial charge in [-0.3, -0.25) is 4.79 Å². The molecule has 0 atom stereocenters. The molecule has 1 aromatic carbocycles. The van der Waals surface area contributed by atoms with Crippen LogP contribution in [0.3, 0.4) is 0 Å². The van der Waals surface area contributed by atoms with E-state index in [1.165, 1.54) is 10.9 Å². The van der Waals surface area contributed by atoms with Crippen LogP contribution in [0.25, 0.3) is 27.7 Å². The van der Waals surface area contributed by atoms with Crippen molar-refractivity contribution in [3.63, 3.8) is 0 Å². The number of H-pyrrole nitrogens is 1. The molecule has 1 fully saturated rings. The Bertz CT molecular complexity index is 644. The topological polar surface area (TPSA) is 107 Å². The summed E-state index contributed by atoms with van der Waals surface area (Å²) in [4.78, 5) is 15.2. The third-order valence-electron chi connectivity index (χ3n) is 4.38. The van der Waals surface area contributed by atoms with Crippen molar-refractivity contribution < 1.29 is 22.6 Å². The van der Waals surface area contributed by atoms with Gasteiger partial charge in [0.15, 0.2) is 0 Å². The van der Waals surface area contributed by atoms with Gasteiger partial charge in [0, 0.05) is 30.1 Å². The second-order valence-corrected chi connectivity index (χ2v) is 6.28. The van der Waals surface area contributed by atoms with Gasteiger partial charge >= 0.3 is 31.1 Å². The first kappa shape index (κ1) is 24.3. The van der Waals surface area contributed by atoms with Crippen LogP contribution in [-0.4, -0.2) is 43.6 Å². The molecular formula is C19H28BrN5OPt-3. The van der Waals surface area contributed by atoms with E-state index >= 15 is 0 Å². The molecule has 0 bridgehead atoms. The van der Waals surface area contributed by atoms with Crippen LogP contribution in [0.4, 0.5) is 0 Å². The quantitative estimate of drug-likeness (QED) is 0.471. The van der Waals surface area contributed by atoms with Crippen molar-refractivity contribution >= 4 is 30.1 Å². The molecule has 0 saturated carbocycles. The van der Waals surface area contributed by atoms with Gasteiger partial charge in [-0.05, 0) is 24.0 Å². The van der Waals surface area contributed by atoms with E-state index in [0.717, 1.165) is 37.9 Å². The smallest absolute Gasteiger partial charge is 0.171 e. The van der Waals surface area contributed by atoms with E-state index in [9.17, 15) is 4.79 Å². The second kappa shape index (κ2) is 15.2. The normalized spacial score (nSPS) is 14.0. The van der Waals surface area contributed by atoms with Crippen LogP contribution in [-0.2, 0) is 29.0 Å². The Morgan fingerprint density at radius 1 is 1.22 bits per heavy atom. The van der Waals surface area contributed by atoms with E-state index in [1.807, 2.05) is 36.1 Å². The van der Waals surface area contributed by atoms with Crippen molar-refractivity contribution in [2.24, 2.45) is 5.92 Å². The third kappa shape index (κ3) is 9.35. The molecule has 3 rings (SSSR count). The molecule has 1 aliphatic rings. The number of nitrogens with one attached hydrogen (secondary N) is 4. The van der Waals surface area contributed by atoms with Crippen molar-refractivity contribution in [1.29, 1.82) is 0 Å². The van der Waals surface area contributed by atoms with Crippen molar-refractivity contribution in [1.82, 2.24) is 10.3 Å². The Kier molecular flexibility index (Phi) is 13.7. The molecule has 27 heavy (non-hydrogen) atoms. The number of halogens is 1. The van der Waals surface area contributed by atoms with E-state index in [1.54, 1.807) is 0 Å². The van der Waals surface area contributed by atoms with Crippen LogP contribution < -0.4 is 5.32 Å². The maximum Gasteiger partial charge on any atom is -0.171 e. The van der Waals surface area contributed by atoms with Gasteiger partial charge in [-0.1, -0.05) is 31.0 Å². The molecule has 1 saturated heterocycles. The van der Waals surface area contributed by atoms with Crippen LogP contribution in [0, 0.1) is 5.92 Å². The average Bonchev–Trinajstić information content (AvgIpc) is 3.14. The van der Waals surface area contributed by atoms with Crippen LogP contribution >= 0.6 is 13.3 Å². The predicted octanol–water partition coefficient (Wildman–Crippen LogP) is 4.93. The summed E-state index contributed by atoms with van der Waals surface area (Å²) in [7, 11) is 0. The number of hydrogen-bond donors (Lipinski definition) is 2. The summed E-state index contributed by atoms with van der Waals surface area (Å²) in [5.74, 6) is 0.706. The van der Waals surface area contributed by atoms with Crippen LogP contribution in [0.2, 0.25) is 0 Å². The number of amides is 1. The van der Waals surface area contributed by atoms with E-state index in [-0.39, 0.29) is 19.0 Å². The van der Waals surface area contributed by atoms with Crippen molar-refractivity contribution in [2.75, 3.05) is 32.7 Å². The minimum atomic E-state index is 0.182. The van der Waals surface area contributed by atoms with Crippen molar-refractivity contribution in [3.05, 3.63) is 52.8 Å². The molecule has 6 nitrogen and oxygen atoms in total. The first-order valence-corrected chi connectivity index (χ1v) is 14.1. The van der Waals surface area contributed by atoms with E-state index in [2.05, 4.69) is 41.0 Å². The number of carbonyl (C=O) groups is 1. The minimum absolute atomic E-state index is 0.182. The number of para-hydroxylation sites is 1. The third-order valence-corrected chi connectivity index (χ3v) is 4.38. The van der Waals surface area contributed by atoms with Gasteiger partial charge in [-0.25, -0.2) is 0 Å². The van der Waals surface area contributed by atoms with E-state index in [4.69, 9.17) is 11.5 Å². The molecule has 0 radical (unpaired) electrons. The van der Waals surface area contributed by atoms with Gasteiger partial charge in [-0.2, -0.15) is 13.1 Å². The fraction of sp³-hybridized carbons (Fsp3) is 0.526. The van der Waals surface area contributed by atoms with Crippen molar-refractivity contribution in [2.45, 2.75) is 25.7 Å². The molecule has 1 aliphatic heterocycles. The van der Waals surface area contributed by atoms with Gasteiger partial charge in [0.2, 0.25) is 5.91 Å². The molecule has 2 heterocycles. The number of aromatic amines is 1. The number of carbonyl (C=O) groups excluding carboxylic acids is 1. The predicted molar refractivity (Wildman–Crippen MR) is 113 cm³/mol. The molecule has 1 aromatic heterocycles. The molecule has 8 heteroatoms. The summed E-state index contributed by atoms with van der Waals surface area (Å²) >= 11 is 4.86. The van der Waals surface area contributed by atoms with E-state index in [0.29, 0.717) is 18.9 Å². The van der Waals surface area contributed by atoms with Gasteiger partial charge in [-0.15, -0.1) is 13.1 Å². The van der Waals surface area contributed by atoms with Crippen LogP contribution in [0.1, 0.15) is 24.8 Å². The number of hydrogen-bond acceptors (Lipinski definition) is 1. The zero-order valence-electron chi connectivity index (χ0n) is 15.4. The first-order chi connectivity index (χ1) is 13.2. The zero-order chi connectivity index (χ0) is 19.9. The summed E-state index contributed by atoms with van der Waals surface area (Å²) in [6.07, 6.45) is 5.70. The Morgan fingerprint density at radius 2 is 1.89 bits per heavy atom. The van der Waals surface area contributed by atoms with Gasteiger partial charge < -0.3 is 27.1 Å². The second-order valence-electron chi connectivity index (χ2n) is 6.28. The minimum Gasteiger partial charge on any atom is -0.679 e. The molecule has 0 unspecified atom stereocenters. The summed E-state index contributed by atoms with van der Waals surface area (Å²) in [5, 5.41) is 8.62. The largest absolute Gasteiger partial charge is 0.679 e. The number of nitrogens with zero attached hydrogens (tertiary/aromatic N) is 1. The SMILES string of the molecule is O=C(CC1CC[N-]CC1)NCCc1c[nH]c2ccccc12.[Br][Pt].[NH-]CC[NH-]. The molecule has 155 valence electrons. The van der Waals surface area contributed by atoms with E-state index < -0.39 is 0 Å². The number of aromatic nitrogens is 1.